The van der Waals surface area contributed by atoms with Gasteiger partial charge in [-0.3, -0.25) is 0 Å². The summed E-state index contributed by atoms with van der Waals surface area (Å²) in [6.45, 7) is 8.61. The minimum absolute atomic E-state index is 0.268. The van der Waals surface area contributed by atoms with Crippen molar-refractivity contribution in [3.8, 4) is 5.75 Å². The second-order valence-corrected chi connectivity index (χ2v) is 4.05. The molecule has 0 heterocycles. The fraction of sp³-hybridized carbons (Fsp3) is 0.571. The molecule has 0 aliphatic rings. The molecule has 1 aromatic carbocycles. The van der Waals surface area contributed by atoms with E-state index in [1.54, 1.807) is 0 Å². The molecule has 0 saturated carbocycles. The van der Waals surface area contributed by atoms with E-state index in [4.69, 9.17) is 14.2 Å². The quantitative estimate of drug-likeness (QED) is 0.651. The van der Waals surface area contributed by atoms with Crippen molar-refractivity contribution in [2.75, 3.05) is 19.8 Å². The molecule has 1 aromatic rings. The van der Waals surface area contributed by atoms with E-state index < -0.39 is 0 Å². The Bertz CT molecular complexity index is 293. The van der Waals surface area contributed by atoms with Gasteiger partial charge in [0.15, 0.2) is 0 Å². The number of benzene rings is 1. The van der Waals surface area contributed by atoms with Crippen LogP contribution in [-0.2, 0) is 16.1 Å². The van der Waals surface area contributed by atoms with Gasteiger partial charge in [0.2, 0.25) is 0 Å². The van der Waals surface area contributed by atoms with Crippen LogP contribution < -0.4 is 4.74 Å². The maximum atomic E-state index is 5.50. The first-order valence-electron chi connectivity index (χ1n) is 6.13. The lowest BCUT2D eigenvalue weighted by molar-refractivity contribution is 0.0143. The Morgan fingerprint density at radius 1 is 1.06 bits per heavy atom. The van der Waals surface area contributed by atoms with Crippen LogP contribution in [0.1, 0.15) is 26.3 Å². The van der Waals surface area contributed by atoms with Gasteiger partial charge in [-0.1, -0.05) is 12.1 Å². The predicted octanol–water partition coefficient (Wildman–Crippen LogP) is 3.03. The topological polar surface area (TPSA) is 27.7 Å². The van der Waals surface area contributed by atoms with Gasteiger partial charge in [0, 0.05) is 0 Å². The second-order valence-electron chi connectivity index (χ2n) is 4.05. The maximum absolute atomic E-state index is 5.50. The summed E-state index contributed by atoms with van der Waals surface area (Å²) in [6, 6.07) is 7.97. The second kappa shape index (κ2) is 8.09. The van der Waals surface area contributed by atoms with E-state index in [2.05, 4.69) is 0 Å². The third kappa shape index (κ3) is 6.29. The predicted molar refractivity (Wildman–Crippen MR) is 68.4 cm³/mol. The Labute approximate surface area is 104 Å². The smallest absolute Gasteiger partial charge is 0.119 e. The van der Waals surface area contributed by atoms with Crippen molar-refractivity contribution in [2.24, 2.45) is 0 Å². The zero-order chi connectivity index (χ0) is 12.5. The Hall–Kier alpha value is -1.06. The van der Waals surface area contributed by atoms with E-state index >= 15 is 0 Å². The van der Waals surface area contributed by atoms with Crippen LogP contribution in [0.15, 0.2) is 24.3 Å². The summed E-state index contributed by atoms with van der Waals surface area (Å²) in [7, 11) is 0. The standard InChI is InChI=1S/C14H22O3/c1-4-16-14-7-5-13(6-8-14)11-15-9-10-17-12(2)3/h5-8,12H,4,9-11H2,1-3H3. The summed E-state index contributed by atoms with van der Waals surface area (Å²) in [5, 5.41) is 0. The molecule has 0 atom stereocenters. The average Bonchev–Trinajstić information content (AvgIpc) is 2.31. The Balaban J connectivity index is 2.18. The third-order valence-corrected chi connectivity index (χ3v) is 2.18. The van der Waals surface area contributed by atoms with Crippen molar-refractivity contribution >= 4 is 0 Å². The molecule has 96 valence electrons. The van der Waals surface area contributed by atoms with Gasteiger partial charge in [0.1, 0.15) is 5.75 Å². The summed E-state index contributed by atoms with van der Waals surface area (Å²) in [5.41, 5.74) is 1.15. The van der Waals surface area contributed by atoms with Crippen LogP contribution in [0.2, 0.25) is 0 Å². The van der Waals surface area contributed by atoms with Crippen LogP contribution in [0.4, 0.5) is 0 Å². The van der Waals surface area contributed by atoms with Crippen molar-refractivity contribution in [3.05, 3.63) is 29.8 Å². The molecule has 3 nitrogen and oxygen atoms in total. The van der Waals surface area contributed by atoms with E-state index in [9.17, 15) is 0 Å². The van der Waals surface area contributed by atoms with Crippen molar-refractivity contribution in [1.82, 2.24) is 0 Å². The lowest BCUT2D eigenvalue weighted by Crippen LogP contribution is -2.09. The van der Waals surface area contributed by atoms with E-state index in [-0.39, 0.29) is 6.10 Å². The minimum atomic E-state index is 0.268. The molecule has 0 fully saturated rings. The van der Waals surface area contributed by atoms with Crippen LogP contribution >= 0.6 is 0 Å². The molecule has 1 rings (SSSR count). The summed E-state index contributed by atoms with van der Waals surface area (Å²) in [6.07, 6.45) is 0.268. The molecule has 0 unspecified atom stereocenters. The van der Waals surface area contributed by atoms with Gasteiger partial charge in [-0.05, 0) is 38.5 Å². The first kappa shape index (κ1) is 14.0. The van der Waals surface area contributed by atoms with E-state index in [0.717, 1.165) is 11.3 Å². The van der Waals surface area contributed by atoms with Gasteiger partial charge in [0.25, 0.3) is 0 Å². The highest BCUT2D eigenvalue weighted by Crippen LogP contribution is 2.12. The third-order valence-electron chi connectivity index (χ3n) is 2.18. The summed E-state index contributed by atoms with van der Waals surface area (Å²) < 4.78 is 16.3. The van der Waals surface area contributed by atoms with Crippen LogP contribution in [0.5, 0.6) is 5.75 Å². The molecule has 0 amide bonds. The molecular formula is C14H22O3. The highest BCUT2D eigenvalue weighted by molar-refractivity contribution is 5.26. The van der Waals surface area contributed by atoms with Crippen LogP contribution in [0, 0.1) is 0 Å². The molecule has 0 radical (unpaired) electrons. The first-order valence-corrected chi connectivity index (χ1v) is 6.13. The fourth-order valence-corrected chi connectivity index (χ4v) is 1.38. The van der Waals surface area contributed by atoms with Crippen LogP contribution in [-0.4, -0.2) is 25.9 Å². The molecule has 0 saturated heterocycles. The Morgan fingerprint density at radius 3 is 2.35 bits per heavy atom. The number of rotatable bonds is 8. The molecule has 17 heavy (non-hydrogen) atoms. The van der Waals surface area contributed by atoms with Gasteiger partial charge in [0.05, 0.1) is 32.5 Å². The average molecular weight is 238 g/mol. The molecule has 0 N–H and O–H groups in total. The highest BCUT2D eigenvalue weighted by atomic mass is 16.5. The normalized spacial score (nSPS) is 10.8. The SMILES string of the molecule is CCOc1ccc(COCCOC(C)C)cc1. The molecular weight excluding hydrogens is 216 g/mol. The van der Waals surface area contributed by atoms with Crippen molar-refractivity contribution in [1.29, 1.82) is 0 Å². The number of ether oxygens (including phenoxy) is 3. The largest absolute Gasteiger partial charge is 0.494 e. The van der Waals surface area contributed by atoms with Crippen LogP contribution in [0.25, 0.3) is 0 Å². The molecule has 0 spiro atoms. The van der Waals surface area contributed by atoms with E-state index in [1.807, 2.05) is 45.0 Å². The summed E-state index contributed by atoms with van der Waals surface area (Å²) in [5.74, 6) is 0.902. The van der Waals surface area contributed by atoms with Gasteiger partial charge in [-0.15, -0.1) is 0 Å². The van der Waals surface area contributed by atoms with E-state index in [0.29, 0.717) is 26.4 Å². The Kier molecular flexibility index (Phi) is 6.67. The molecule has 0 aliphatic carbocycles. The number of hydrogen-bond acceptors (Lipinski definition) is 3. The number of hydrogen-bond donors (Lipinski definition) is 0. The maximum Gasteiger partial charge on any atom is 0.119 e. The van der Waals surface area contributed by atoms with Gasteiger partial charge in [-0.25, -0.2) is 0 Å². The molecule has 0 aliphatic heterocycles. The van der Waals surface area contributed by atoms with E-state index in [1.165, 1.54) is 0 Å². The van der Waals surface area contributed by atoms with Crippen molar-refractivity contribution < 1.29 is 14.2 Å². The Morgan fingerprint density at radius 2 is 1.76 bits per heavy atom. The van der Waals surface area contributed by atoms with Crippen molar-refractivity contribution in [2.45, 2.75) is 33.5 Å². The molecule has 0 bridgehead atoms. The van der Waals surface area contributed by atoms with Crippen molar-refractivity contribution in [3.63, 3.8) is 0 Å². The first-order chi connectivity index (χ1) is 8.22. The zero-order valence-electron chi connectivity index (χ0n) is 10.9. The monoisotopic (exact) mass is 238 g/mol. The summed E-state index contributed by atoms with van der Waals surface area (Å²) >= 11 is 0. The minimum Gasteiger partial charge on any atom is -0.494 e. The van der Waals surface area contributed by atoms with Gasteiger partial charge < -0.3 is 14.2 Å². The lowest BCUT2D eigenvalue weighted by Gasteiger charge is -2.08. The lowest BCUT2D eigenvalue weighted by atomic mass is 10.2. The van der Waals surface area contributed by atoms with Gasteiger partial charge in [-0.2, -0.15) is 0 Å². The van der Waals surface area contributed by atoms with Gasteiger partial charge >= 0.3 is 0 Å². The zero-order valence-corrected chi connectivity index (χ0v) is 10.9. The molecule has 0 aromatic heterocycles. The van der Waals surface area contributed by atoms with Crippen LogP contribution in [0.3, 0.4) is 0 Å². The molecule has 3 heteroatoms. The fourth-order valence-electron chi connectivity index (χ4n) is 1.38. The summed E-state index contributed by atoms with van der Waals surface area (Å²) in [4.78, 5) is 0. The highest BCUT2D eigenvalue weighted by Gasteiger charge is 1.96.